The van der Waals surface area contributed by atoms with Crippen molar-refractivity contribution in [3.05, 3.63) is 44.9 Å². The number of thiazole rings is 1. The number of carbonyl (C=O) groups excluding carboxylic acids is 1. The molecule has 0 spiro atoms. The zero-order chi connectivity index (χ0) is 19.8. The second-order valence-electron chi connectivity index (χ2n) is 6.21. The van der Waals surface area contributed by atoms with Gasteiger partial charge in [0.2, 0.25) is 0 Å². The van der Waals surface area contributed by atoms with E-state index in [1.54, 1.807) is 12.1 Å². The number of urea groups is 1. The van der Waals surface area contributed by atoms with E-state index in [1.165, 1.54) is 11.3 Å². The Morgan fingerprint density at radius 2 is 2.11 bits per heavy atom. The molecule has 152 valence electrons. The molecule has 0 bridgehead atoms. The first-order valence-corrected chi connectivity index (χ1v) is 10.5. The number of amides is 2. The molecule has 0 unspecified atom stereocenters. The Kier molecular flexibility index (Phi) is 8.32. The van der Waals surface area contributed by atoms with Crippen LogP contribution in [0.15, 0.2) is 23.6 Å². The molecule has 0 radical (unpaired) electrons. The van der Waals surface area contributed by atoms with Gasteiger partial charge in [0.25, 0.3) is 0 Å². The van der Waals surface area contributed by atoms with E-state index < -0.39 is 0 Å². The van der Waals surface area contributed by atoms with Crippen LogP contribution in [0.2, 0.25) is 10.0 Å². The van der Waals surface area contributed by atoms with Crippen molar-refractivity contribution in [3.63, 3.8) is 0 Å². The Bertz CT molecular complexity index is 784. The number of hydrogen-bond donors (Lipinski definition) is 2. The van der Waals surface area contributed by atoms with E-state index in [1.807, 2.05) is 11.4 Å². The van der Waals surface area contributed by atoms with Gasteiger partial charge in [-0.25, -0.2) is 9.78 Å². The van der Waals surface area contributed by atoms with Crippen LogP contribution in [-0.2, 0) is 22.6 Å². The standard InChI is InChI=1S/C18H22Cl2N4O3S/c19-15-2-1-13(9-16(15)20)10-21-17(25)23-18-22-14(12-28-18)11-27-8-5-24-3-6-26-7-4-24/h1-2,9,12H,3-8,10-11H2,(H2,21,22,23,25). The van der Waals surface area contributed by atoms with Gasteiger partial charge in [-0.3, -0.25) is 10.2 Å². The summed E-state index contributed by atoms with van der Waals surface area (Å²) in [6.07, 6.45) is 0. The molecular formula is C18H22Cl2N4O3S. The smallest absolute Gasteiger partial charge is 0.321 e. The van der Waals surface area contributed by atoms with Crippen molar-refractivity contribution in [3.8, 4) is 0 Å². The monoisotopic (exact) mass is 444 g/mol. The molecule has 1 aliphatic heterocycles. The first-order chi connectivity index (χ1) is 13.6. The zero-order valence-corrected chi connectivity index (χ0v) is 17.6. The lowest BCUT2D eigenvalue weighted by molar-refractivity contribution is 0.0177. The minimum atomic E-state index is -0.333. The van der Waals surface area contributed by atoms with Gasteiger partial charge in [0.15, 0.2) is 5.13 Å². The van der Waals surface area contributed by atoms with Gasteiger partial charge in [0, 0.05) is 31.6 Å². The average molecular weight is 445 g/mol. The van der Waals surface area contributed by atoms with Crippen LogP contribution in [0.4, 0.5) is 9.93 Å². The van der Waals surface area contributed by atoms with Gasteiger partial charge in [-0.05, 0) is 17.7 Å². The molecule has 2 heterocycles. The van der Waals surface area contributed by atoms with Crippen molar-refractivity contribution < 1.29 is 14.3 Å². The second-order valence-corrected chi connectivity index (χ2v) is 7.88. The molecule has 1 aliphatic rings. The first kappa shape index (κ1) is 21.3. The van der Waals surface area contributed by atoms with Gasteiger partial charge in [-0.2, -0.15) is 0 Å². The summed E-state index contributed by atoms with van der Waals surface area (Å²) in [4.78, 5) is 18.7. The number of nitrogens with one attached hydrogen (secondary N) is 2. The summed E-state index contributed by atoms with van der Waals surface area (Å²) in [6.45, 7) is 5.76. The van der Waals surface area contributed by atoms with Crippen molar-refractivity contribution in [1.82, 2.24) is 15.2 Å². The highest BCUT2D eigenvalue weighted by Crippen LogP contribution is 2.22. The average Bonchev–Trinajstić information content (AvgIpc) is 3.14. The van der Waals surface area contributed by atoms with E-state index in [-0.39, 0.29) is 6.03 Å². The summed E-state index contributed by atoms with van der Waals surface area (Å²) >= 11 is 13.2. The Morgan fingerprint density at radius 3 is 2.89 bits per heavy atom. The molecular weight excluding hydrogens is 423 g/mol. The number of morpholine rings is 1. The maximum atomic E-state index is 12.0. The molecule has 7 nitrogen and oxygen atoms in total. The predicted octanol–water partition coefficient (Wildman–Crippen LogP) is 3.62. The van der Waals surface area contributed by atoms with Crippen LogP contribution >= 0.6 is 34.5 Å². The number of halogens is 2. The number of nitrogens with zero attached hydrogens (tertiary/aromatic N) is 2. The SMILES string of the molecule is O=C(NCc1ccc(Cl)c(Cl)c1)Nc1nc(COCCN2CCOCC2)cs1. The summed E-state index contributed by atoms with van der Waals surface area (Å²) in [5.41, 5.74) is 1.66. The molecule has 0 aliphatic carbocycles. The second kappa shape index (κ2) is 10.9. The van der Waals surface area contributed by atoms with Gasteiger partial charge < -0.3 is 14.8 Å². The summed E-state index contributed by atoms with van der Waals surface area (Å²) in [7, 11) is 0. The van der Waals surface area contributed by atoms with Crippen molar-refractivity contribution in [2.75, 3.05) is 44.8 Å². The molecule has 2 N–H and O–H groups in total. The maximum Gasteiger partial charge on any atom is 0.321 e. The van der Waals surface area contributed by atoms with Gasteiger partial charge in [0.1, 0.15) is 0 Å². The number of hydrogen-bond acceptors (Lipinski definition) is 6. The van der Waals surface area contributed by atoms with Crippen molar-refractivity contribution in [2.24, 2.45) is 0 Å². The molecule has 1 aromatic heterocycles. The van der Waals surface area contributed by atoms with E-state index in [2.05, 4.69) is 20.5 Å². The fraction of sp³-hybridized carbons (Fsp3) is 0.444. The van der Waals surface area contributed by atoms with Crippen molar-refractivity contribution >= 4 is 45.7 Å². The third kappa shape index (κ3) is 6.88. The van der Waals surface area contributed by atoms with Crippen LogP contribution in [0.5, 0.6) is 0 Å². The van der Waals surface area contributed by atoms with Gasteiger partial charge in [-0.1, -0.05) is 29.3 Å². The highest BCUT2D eigenvalue weighted by Gasteiger charge is 2.10. The van der Waals surface area contributed by atoms with Gasteiger partial charge in [-0.15, -0.1) is 11.3 Å². The number of benzene rings is 1. The normalized spacial score (nSPS) is 14.8. The minimum absolute atomic E-state index is 0.333. The van der Waals surface area contributed by atoms with Crippen LogP contribution < -0.4 is 10.6 Å². The Labute approximate surface area is 177 Å². The molecule has 0 atom stereocenters. The van der Waals surface area contributed by atoms with E-state index in [0.717, 1.165) is 44.1 Å². The Hall–Kier alpha value is -1.42. The number of aromatic nitrogens is 1. The summed E-state index contributed by atoms with van der Waals surface area (Å²) in [6, 6.07) is 4.90. The van der Waals surface area contributed by atoms with Gasteiger partial charge >= 0.3 is 6.03 Å². The highest BCUT2D eigenvalue weighted by molar-refractivity contribution is 7.13. The largest absolute Gasteiger partial charge is 0.379 e. The Morgan fingerprint density at radius 1 is 1.29 bits per heavy atom. The van der Waals surface area contributed by atoms with E-state index >= 15 is 0 Å². The van der Waals surface area contributed by atoms with Crippen molar-refractivity contribution in [2.45, 2.75) is 13.2 Å². The number of carbonyl (C=O) groups is 1. The van der Waals surface area contributed by atoms with Crippen molar-refractivity contribution in [1.29, 1.82) is 0 Å². The fourth-order valence-corrected chi connectivity index (χ4v) is 3.61. The van der Waals surface area contributed by atoms with E-state index in [0.29, 0.717) is 34.9 Å². The molecule has 1 fully saturated rings. The van der Waals surface area contributed by atoms with E-state index in [9.17, 15) is 4.79 Å². The lowest BCUT2D eigenvalue weighted by atomic mass is 10.2. The van der Waals surface area contributed by atoms with Crippen LogP contribution in [0.1, 0.15) is 11.3 Å². The number of ether oxygens (including phenoxy) is 2. The summed E-state index contributed by atoms with van der Waals surface area (Å²) in [5, 5.41) is 8.83. The number of anilines is 1. The topological polar surface area (TPSA) is 75.7 Å². The zero-order valence-electron chi connectivity index (χ0n) is 15.2. The summed E-state index contributed by atoms with van der Waals surface area (Å²) in [5.74, 6) is 0. The predicted molar refractivity (Wildman–Crippen MR) is 111 cm³/mol. The molecule has 0 saturated carbocycles. The van der Waals surface area contributed by atoms with Crippen LogP contribution in [-0.4, -0.2) is 55.4 Å². The molecule has 1 saturated heterocycles. The number of rotatable bonds is 8. The molecule has 2 aromatic rings. The third-order valence-corrected chi connectivity index (χ3v) is 5.66. The maximum absolute atomic E-state index is 12.0. The molecule has 1 aromatic carbocycles. The molecule has 10 heteroatoms. The van der Waals surface area contributed by atoms with E-state index in [4.69, 9.17) is 32.7 Å². The Balaban J connectivity index is 1.35. The molecule has 3 rings (SSSR count). The fourth-order valence-electron chi connectivity index (χ4n) is 2.60. The van der Waals surface area contributed by atoms with Crippen LogP contribution in [0.25, 0.3) is 0 Å². The third-order valence-electron chi connectivity index (χ3n) is 4.11. The lowest BCUT2D eigenvalue weighted by Crippen LogP contribution is -2.38. The molecule has 2 amide bonds. The highest BCUT2D eigenvalue weighted by atomic mass is 35.5. The molecule has 28 heavy (non-hydrogen) atoms. The van der Waals surface area contributed by atoms with Crippen LogP contribution in [0, 0.1) is 0 Å². The van der Waals surface area contributed by atoms with Gasteiger partial charge in [0.05, 0.1) is 42.2 Å². The first-order valence-electron chi connectivity index (χ1n) is 8.91. The summed E-state index contributed by atoms with van der Waals surface area (Å²) < 4.78 is 11.0. The van der Waals surface area contributed by atoms with Crippen LogP contribution in [0.3, 0.4) is 0 Å². The minimum Gasteiger partial charge on any atom is -0.379 e. The quantitative estimate of drug-likeness (QED) is 0.608. The lowest BCUT2D eigenvalue weighted by Gasteiger charge is -2.26.